The molecule has 0 saturated carbocycles. The van der Waals surface area contributed by atoms with Gasteiger partial charge in [-0.2, -0.15) is 5.26 Å². The van der Waals surface area contributed by atoms with Gasteiger partial charge in [-0.25, -0.2) is 9.97 Å². The highest BCUT2D eigenvalue weighted by molar-refractivity contribution is 5.92. The first-order chi connectivity index (χ1) is 13.2. The van der Waals surface area contributed by atoms with Crippen LogP contribution >= 0.6 is 0 Å². The molecule has 2 aromatic rings. The number of oxazole rings is 1. The third-order valence-electron chi connectivity index (χ3n) is 5.27. The van der Waals surface area contributed by atoms with Crippen molar-refractivity contribution in [3.63, 3.8) is 0 Å². The van der Waals surface area contributed by atoms with Crippen LogP contribution in [0.1, 0.15) is 28.2 Å². The first kappa shape index (κ1) is 17.5. The Labute approximate surface area is 156 Å². The monoisotopic (exact) mass is 368 g/mol. The van der Waals surface area contributed by atoms with Crippen LogP contribution in [0.4, 0.5) is 0 Å². The number of hydrogen-bond donors (Lipinski definition) is 0. The number of hydrogen-bond acceptors (Lipinski definition) is 7. The van der Waals surface area contributed by atoms with Crippen LogP contribution in [0.25, 0.3) is 0 Å². The molecule has 2 aliphatic rings. The lowest BCUT2D eigenvalue weighted by Gasteiger charge is -2.19. The molecule has 2 aliphatic heterocycles. The van der Waals surface area contributed by atoms with Gasteiger partial charge in [0.25, 0.3) is 5.91 Å². The van der Waals surface area contributed by atoms with Crippen molar-refractivity contribution < 1.29 is 18.7 Å². The van der Waals surface area contributed by atoms with E-state index in [-0.39, 0.29) is 12.0 Å². The quantitative estimate of drug-likeness (QED) is 0.793. The first-order valence-electron chi connectivity index (χ1n) is 8.95. The van der Waals surface area contributed by atoms with Crippen LogP contribution in [0.15, 0.2) is 29.1 Å². The third-order valence-corrected chi connectivity index (χ3v) is 5.27. The molecule has 0 bridgehead atoms. The molecule has 1 amide bonds. The van der Waals surface area contributed by atoms with Crippen molar-refractivity contribution in [1.29, 1.82) is 5.26 Å². The third kappa shape index (κ3) is 3.51. The minimum atomic E-state index is -0.125. The Morgan fingerprint density at radius 1 is 1.41 bits per heavy atom. The van der Waals surface area contributed by atoms with Gasteiger partial charge in [-0.15, -0.1) is 0 Å². The summed E-state index contributed by atoms with van der Waals surface area (Å²) in [5, 5.41) is 8.79. The molecule has 2 saturated heterocycles. The van der Waals surface area contributed by atoms with E-state index in [1.165, 1.54) is 12.6 Å². The molecular weight excluding hydrogens is 348 g/mol. The van der Waals surface area contributed by atoms with Crippen molar-refractivity contribution in [2.75, 3.05) is 26.3 Å². The summed E-state index contributed by atoms with van der Waals surface area (Å²) in [7, 11) is 0. The van der Waals surface area contributed by atoms with E-state index in [4.69, 9.17) is 19.2 Å². The largest absolute Gasteiger partial charge is 0.478 e. The average Bonchev–Trinajstić information content (AvgIpc) is 3.38. The summed E-state index contributed by atoms with van der Waals surface area (Å²) in [6.07, 6.45) is 3.69. The molecule has 0 radical (unpaired) electrons. The lowest BCUT2D eigenvalue weighted by Crippen LogP contribution is -2.31. The van der Waals surface area contributed by atoms with Gasteiger partial charge in [0.05, 0.1) is 30.6 Å². The molecule has 0 aliphatic carbocycles. The smallest absolute Gasteiger partial charge is 0.291 e. The number of nitrogens with zero attached hydrogens (tertiary/aromatic N) is 4. The Hall–Kier alpha value is -2.92. The predicted octanol–water partition coefficient (Wildman–Crippen LogP) is 1.81. The van der Waals surface area contributed by atoms with Gasteiger partial charge in [-0.1, -0.05) is 0 Å². The maximum atomic E-state index is 12.6. The van der Waals surface area contributed by atoms with Gasteiger partial charge in [0.15, 0.2) is 6.39 Å². The standard InChI is InChI=1S/C19H20N4O4/c1-12-18(27-11-22-12)19(24)23-8-15-14(10-26-16(15)9-23)4-5-25-17-3-2-13(6-20)7-21-17/h2-3,7,11,14-16H,4-5,8-10H2,1H3/t14-,15-,16-/m0/s1. The van der Waals surface area contributed by atoms with Crippen LogP contribution in [0, 0.1) is 30.1 Å². The molecule has 4 heterocycles. The maximum Gasteiger partial charge on any atom is 0.291 e. The van der Waals surface area contributed by atoms with Gasteiger partial charge in [-0.3, -0.25) is 4.79 Å². The normalized spacial score (nSPS) is 23.9. The van der Waals surface area contributed by atoms with Gasteiger partial charge in [-0.05, 0) is 25.3 Å². The Balaban J connectivity index is 1.30. The maximum absolute atomic E-state index is 12.6. The average molecular weight is 368 g/mol. The summed E-state index contributed by atoms with van der Waals surface area (Å²) in [4.78, 5) is 22.5. The first-order valence-corrected chi connectivity index (χ1v) is 8.95. The second-order valence-corrected chi connectivity index (χ2v) is 6.91. The van der Waals surface area contributed by atoms with E-state index in [1.54, 1.807) is 24.0 Å². The second kappa shape index (κ2) is 7.37. The fourth-order valence-corrected chi connectivity index (χ4v) is 3.76. The molecule has 8 heteroatoms. The van der Waals surface area contributed by atoms with Crippen LogP contribution in [-0.4, -0.2) is 53.2 Å². The number of ether oxygens (including phenoxy) is 2. The SMILES string of the molecule is Cc1ncoc1C(=O)N1C[C@H]2[C@@H](CCOc3ccc(C#N)cn3)CO[C@H]2C1. The molecule has 140 valence electrons. The van der Waals surface area contributed by atoms with Crippen LogP contribution in [0.3, 0.4) is 0 Å². The number of aryl methyl sites for hydroxylation is 1. The van der Waals surface area contributed by atoms with E-state index in [0.717, 1.165) is 6.42 Å². The molecule has 0 spiro atoms. The fraction of sp³-hybridized carbons (Fsp3) is 0.474. The zero-order valence-corrected chi connectivity index (χ0v) is 15.0. The topological polar surface area (TPSA) is 101 Å². The minimum absolute atomic E-state index is 0.0650. The number of likely N-dealkylation sites (tertiary alicyclic amines) is 1. The van der Waals surface area contributed by atoms with Gasteiger partial charge in [0, 0.05) is 31.3 Å². The molecule has 3 atom stereocenters. The molecule has 0 aromatic carbocycles. The molecule has 2 fully saturated rings. The minimum Gasteiger partial charge on any atom is -0.478 e. The van der Waals surface area contributed by atoms with Crippen LogP contribution in [0.5, 0.6) is 5.88 Å². The van der Waals surface area contributed by atoms with Crippen LogP contribution in [-0.2, 0) is 4.74 Å². The van der Waals surface area contributed by atoms with Crippen molar-refractivity contribution in [3.05, 3.63) is 41.7 Å². The number of carbonyl (C=O) groups is 1. The molecule has 0 N–H and O–H groups in total. The van der Waals surface area contributed by atoms with Crippen molar-refractivity contribution in [2.24, 2.45) is 11.8 Å². The van der Waals surface area contributed by atoms with E-state index in [2.05, 4.69) is 9.97 Å². The van der Waals surface area contributed by atoms with Crippen molar-refractivity contribution >= 4 is 5.91 Å². The highest BCUT2D eigenvalue weighted by Crippen LogP contribution is 2.36. The van der Waals surface area contributed by atoms with E-state index >= 15 is 0 Å². The summed E-state index contributed by atoms with van der Waals surface area (Å²) in [5.41, 5.74) is 1.12. The Morgan fingerprint density at radius 3 is 3.00 bits per heavy atom. The van der Waals surface area contributed by atoms with Crippen molar-refractivity contribution in [1.82, 2.24) is 14.9 Å². The molecule has 0 unspecified atom stereocenters. The van der Waals surface area contributed by atoms with E-state index < -0.39 is 0 Å². The highest BCUT2D eigenvalue weighted by atomic mass is 16.5. The summed E-state index contributed by atoms with van der Waals surface area (Å²) >= 11 is 0. The summed E-state index contributed by atoms with van der Waals surface area (Å²) in [6, 6.07) is 5.41. The fourth-order valence-electron chi connectivity index (χ4n) is 3.76. The molecule has 4 rings (SSSR count). The van der Waals surface area contributed by atoms with E-state index in [0.29, 0.717) is 61.0 Å². The van der Waals surface area contributed by atoms with Crippen LogP contribution < -0.4 is 4.74 Å². The predicted molar refractivity (Wildman–Crippen MR) is 92.9 cm³/mol. The zero-order chi connectivity index (χ0) is 18.8. The molecule has 27 heavy (non-hydrogen) atoms. The number of pyridine rings is 1. The molecule has 8 nitrogen and oxygen atoms in total. The van der Waals surface area contributed by atoms with Crippen molar-refractivity contribution in [3.8, 4) is 11.9 Å². The van der Waals surface area contributed by atoms with E-state index in [1.807, 2.05) is 6.07 Å². The number of nitriles is 1. The highest BCUT2D eigenvalue weighted by Gasteiger charge is 2.45. The summed E-state index contributed by atoms with van der Waals surface area (Å²) < 4.78 is 16.8. The molecule has 2 aromatic heterocycles. The molecular formula is C19H20N4O4. The van der Waals surface area contributed by atoms with Gasteiger partial charge in [0.2, 0.25) is 11.6 Å². The Bertz CT molecular complexity index is 857. The number of aromatic nitrogens is 2. The Morgan fingerprint density at radius 2 is 2.30 bits per heavy atom. The summed E-state index contributed by atoms with van der Waals surface area (Å²) in [5.74, 6) is 1.33. The van der Waals surface area contributed by atoms with E-state index in [9.17, 15) is 4.79 Å². The second-order valence-electron chi connectivity index (χ2n) is 6.91. The van der Waals surface area contributed by atoms with Crippen LogP contribution in [0.2, 0.25) is 0 Å². The number of fused-ring (bicyclic) bond motifs is 1. The Kier molecular flexibility index (Phi) is 4.77. The zero-order valence-electron chi connectivity index (χ0n) is 15.0. The van der Waals surface area contributed by atoms with Gasteiger partial charge < -0.3 is 18.8 Å². The lowest BCUT2D eigenvalue weighted by atomic mass is 9.91. The number of carbonyl (C=O) groups excluding carboxylic acids is 1. The number of amides is 1. The summed E-state index contributed by atoms with van der Waals surface area (Å²) in [6.45, 7) is 4.21. The lowest BCUT2D eigenvalue weighted by molar-refractivity contribution is 0.0645. The number of rotatable bonds is 5. The van der Waals surface area contributed by atoms with Gasteiger partial charge >= 0.3 is 0 Å². The van der Waals surface area contributed by atoms with Crippen molar-refractivity contribution in [2.45, 2.75) is 19.4 Å². The van der Waals surface area contributed by atoms with Gasteiger partial charge in [0.1, 0.15) is 6.07 Å².